The Labute approximate surface area is 148 Å². The van der Waals surface area contributed by atoms with Crippen LogP contribution in [0.25, 0.3) is 0 Å². The lowest BCUT2D eigenvalue weighted by Crippen LogP contribution is -2.08. The fourth-order valence-corrected chi connectivity index (χ4v) is 2.16. The monoisotopic (exact) mass is 356 g/mol. The van der Waals surface area contributed by atoms with Gasteiger partial charge >= 0.3 is 11.9 Å². The molecule has 0 fully saturated rings. The van der Waals surface area contributed by atoms with E-state index in [0.29, 0.717) is 34.0 Å². The molecule has 26 heavy (non-hydrogen) atoms. The van der Waals surface area contributed by atoms with Crippen LogP contribution in [0.4, 0.5) is 0 Å². The van der Waals surface area contributed by atoms with E-state index in [0.717, 1.165) is 0 Å². The first-order chi connectivity index (χ1) is 12.5. The second kappa shape index (κ2) is 7.64. The van der Waals surface area contributed by atoms with Crippen LogP contribution in [0.3, 0.4) is 0 Å². The summed E-state index contributed by atoms with van der Waals surface area (Å²) in [5, 5.41) is 7.48. The van der Waals surface area contributed by atoms with Gasteiger partial charge < -0.3 is 18.5 Å². The van der Waals surface area contributed by atoms with Crippen molar-refractivity contribution in [2.45, 2.75) is 27.1 Å². The molecule has 0 aliphatic heterocycles. The maximum atomic E-state index is 12.0. The Bertz CT molecular complexity index is 835. The van der Waals surface area contributed by atoms with Gasteiger partial charge in [-0.1, -0.05) is 10.3 Å². The average Bonchev–Trinajstić information content (AvgIpc) is 3.25. The number of hydrogen-bond acceptors (Lipinski definition) is 8. The lowest BCUT2D eigenvalue weighted by molar-refractivity contribution is 0.0450. The summed E-state index contributed by atoms with van der Waals surface area (Å²) in [4.78, 5) is 24.0. The number of esters is 2. The lowest BCUT2D eigenvalue weighted by atomic mass is 10.1. The zero-order valence-corrected chi connectivity index (χ0v) is 14.2. The lowest BCUT2D eigenvalue weighted by Gasteiger charge is -2.05. The molecule has 8 nitrogen and oxygen atoms in total. The Morgan fingerprint density at radius 2 is 1.19 bits per heavy atom. The van der Waals surface area contributed by atoms with Crippen LogP contribution in [0, 0.1) is 13.8 Å². The highest BCUT2D eigenvalue weighted by atomic mass is 16.5. The fraction of sp³-hybridized carbons (Fsp3) is 0.222. The van der Waals surface area contributed by atoms with E-state index in [9.17, 15) is 9.59 Å². The summed E-state index contributed by atoms with van der Waals surface area (Å²) >= 11 is 0. The molecule has 2 aromatic heterocycles. The van der Waals surface area contributed by atoms with Gasteiger partial charge in [0.05, 0.1) is 11.1 Å². The van der Waals surface area contributed by atoms with Crippen molar-refractivity contribution in [1.82, 2.24) is 10.3 Å². The van der Waals surface area contributed by atoms with E-state index in [1.165, 1.54) is 24.3 Å². The van der Waals surface area contributed by atoms with E-state index in [1.807, 2.05) is 0 Å². The quantitative estimate of drug-likeness (QED) is 0.621. The first-order valence-corrected chi connectivity index (χ1v) is 7.80. The highest BCUT2D eigenvalue weighted by molar-refractivity contribution is 5.93. The van der Waals surface area contributed by atoms with E-state index in [1.54, 1.807) is 26.0 Å². The topological polar surface area (TPSA) is 105 Å². The first-order valence-electron chi connectivity index (χ1n) is 7.80. The molecule has 134 valence electrons. The van der Waals surface area contributed by atoms with Gasteiger partial charge in [0.1, 0.15) is 36.1 Å². The van der Waals surface area contributed by atoms with Crippen molar-refractivity contribution in [3.63, 3.8) is 0 Å². The third-order valence-corrected chi connectivity index (χ3v) is 3.41. The van der Waals surface area contributed by atoms with Crippen molar-refractivity contribution >= 4 is 11.9 Å². The van der Waals surface area contributed by atoms with Crippen molar-refractivity contribution in [1.29, 1.82) is 0 Å². The molecule has 0 radical (unpaired) electrons. The van der Waals surface area contributed by atoms with Crippen molar-refractivity contribution < 1.29 is 28.1 Å². The molecule has 3 aromatic rings. The van der Waals surface area contributed by atoms with Crippen molar-refractivity contribution in [2.75, 3.05) is 0 Å². The number of rotatable bonds is 6. The van der Waals surface area contributed by atoms with E-state index < -0.39 is 11.9 Å². The molecular weight excluding hydrogens is 340 g/mol. The van der Waals surface area contributed by atoms with Gasteiger partial charge in [0, 0.05) is 12.1 Å². The number of aromatic nitrogens is 2. The summed E-state index contributed by atoms with van der Waals surface area (Å²) in [6, 6.07) is 9.34. The van der Waals surface area contributed by atoms with Gasteiger partial charge in [0.25, 0.3) is 0 Å². The molecule has 0 N–H and O–H groups in total. The first kappa shape index (κ1) is 17.4. The second-order valence-electron chi connectivity index (χ2n) is 5.59. The van der Waals surface area contributed by atoms with Crippen LogP contribution >= 0.6 is 0 Å². The van der Waals surface area contributed by atoms with Gasteiger partial charge in [-0.05, 0) is 38.1 Å². The number of aryl methyl sites for hydroxylation is 2. The number of benzene rings is 1. The standard InChI is InChI=1S/C18H16N2O6/c1-11-7-15(19-25-11)9-23-17(21)13-3-5-14(6-4-13)18(22)24-10-16-8-12(2)26-20-16/h3-8H,9-10H2,1-2H3. The molecule has 0 aliphatic carbocycles. The van der Waals surface area contributed by atoms with Gasteiger partial charge in [-0.2, -0.15) is 0 Å². The van der Waals surface area contributed by atoms with E-state index in [4.69, 9.17) is 18.5 Å². The molecule has 0 amide bonds. The molecule has 3 rings (SSSR count). The zero-order valence-electron chi connectivity index (χ0n) is 14.2. The van der Waals surface area contributed by atoms with Crippen LogP contribution in [0.15, 0.2) is 45.4 Å². The third-order valence-electron chi connectivity index (χ3n) is 3.41. The zero-order chi connectivity index (χ0) is 18.5. The van der Waals surface area contributed by atoms with Crippen molar-refractivity contribution in [3.05, 3.63) is 70.4 Å². The predicted octanol–water partition coefficient (Wildman–Crippen LogP) is 2.99. The Kier molecular flexibility index (Phi) is 5.12. The highest BCUT2D eigenvalue weighted by Gasteiger charge is 2.13. The third kappa shape index (κ3) is 4.35. The van der Waals surface area contributed by atoms with Gasteiger partial charge in [-0.25, -0.2) is 9.59 Å². The molecule has 0 aliphatic rings. The minimum absolute atomic E-state index is 0.0110. The number of carbonyl (C=O) groups is 2. The molecule has 0 spiro atoms. The molecule has 1 aromatic carbocycles. The fourth-order valence-electron chi connectivity index (χ4n) is 2.16. The summed E-state index contributed by atoms with van der Waals surface area (Å²) in [5.41, 5.74) is 1.68. The molecule has 8 heteroatoms. The molecule has 0 saturated carbocycles. The number of carbonyl (C=O) groups excluding carboxylic acids is 2. The Hall–Kier alpha value is -3.42. The Morgan fingerprint density at radius 1 is 0.808 bits per heavy atom. The second-order valence-corrected chi connectivity index (χ2v) is 5.59. The van der Waals surface area contributed by atoms with Gasteiger partial charge in [0.2, 0.25) is 0 Å². The largest absolute Gasteiger partial charge is 0.455 e. The molecule has 0 unspecified atom stereocenters. The smallest absolute Gasteiger partial charge is 0.338 e. The molecular formula is C18H16N2O6. The minimum Gasteiger partial charge on any atom is -0.455 e. The molecule has 0 saturated heterocycles. The van der Waals surface area contributed by atoms with Crippen LogP contribution < -0.4 is 0 Å². The van der Waals surface area contributed by atoms with E-state index in [2.05, 4.69) is 10.3 Å². The molecule has 0 atom stereocenters. The number of nitrogens with zero attached hydrogens (tertiary/aromatic N) is 2. The highest BCUT2D eigenvalue weighted by Crippen LogP contribution is 2.11. The van der Waals surface area contributed by atoms with E-state index in [-0.39, 0.29) is 13.2 Å². The summed E-state index contributed by atoms with van der Waals surface area (Å²) in [7, 11) is 0. The summed E-state index contributed by atoms with van der Waals surface area (Å²) in [5.74, 6) is 0.228. The van der Waals surface area contributed by atoms with Crippen LogP contribution in [-0.4, -0.2) is 22.3 Å². The Morgan fingerprint density at radius 3 is 1.50 bits per heavy atom. The van der Waals surface area contributed by atoms with Gasteiger partial charge in [0.15, 0.2) is 0 Å². The van der Waals surface area contributed by atoms with Crippen molar-refractivity contribution in [2.24, 2.45) is 0 Å². The maximum absolute atomic E-state index is 12.0. The van der Waals surface area contributed by atoms with Gasteiger partial charge in [-0.15, -0.1) is 0 Å². The SMILES string of the molecule is Cc1cc(COC(=O)c2ccc(C(=O)OCc3cc(C)on3)cc2)no1. The normalized spacial score (nSPS) is 10.5. The summed E-state index contributed by atoms with van der Waals surface area (Å²) < 4.78 is 20.1. The number of hydrogen-bond donors (Lipinski definition) is 0. The van der Waals surface area contributed by atoms with Crippen LogP contribution in [0.1, 0.15) is 43.6 Å². The van der Waals surface area contributed by atoms with Crippen LogP contribution in [0.5, 0.6) is 0 Å². The molecule has 0 bridgehead atoms. The van der Waals surface area contributed by atoms with Gasteiger partial charge in [-0.3, -0.25) is 0 Å². The summed E-state index contributed by atoms with van der Waals surface area (Å²) in [6.45, 7) is 3.52. The maximum Gasteiger partial charge on any atom is 0.338 e. The van der Waals surface area contributed by atoms with Crippen LogP contribution in [0.2, 0.25) is 0 Å². The average molecular weight is 356 g/mol. The predicted molar refractivity (Wildman–Crippen MR) is 87.2 cm³/mol. The minimum atomic E-state index is -0.524. The van der Waals surface area contributed by atoms with Crippen molar-refractivity contribution in [3.8, 4) is 0 Å². The Balaban J connectivity index is 1.53. The van der Waals surface area contributed by atoms with Crippen LogP contribution in [-0.2, 0) is 22.7 Å². The summed E-state index contributed by atoms with van der Waals surface area (Å²) in [6.07, 6.45) is 0. The molecule has 2 heterocycles. The number of ether oxygens (including phenoxy) is 2. The van der Waals surface area contributed by atoms with E-state index >= 15 is 0 Å².